The average Bonchev–Trinajstić information content (AvgIpc) is 2.43. The average molecular weight is 287 g/mol. The van der Waals surface area contributed by atoms with E-state index < -0.39 is 6.10 Å². The van der Waals surface area contributed by atoms with Gasteiger partial charge in [0.05, 0.1) is 6.10 Å². The summed E-state index contributed by atoms with van der Waals surface area (Å²) in [5.41, 5.74) is 3.91. The monoisotopic (exact) mass is 287 g/mol. The second-order valence-corrected chi connectivity index (χ2v) is 5.59. The molecular formula is C18H22FNO. The quantitative estimate of drug-likeness (QED) is 0.898. The molecule has 1 atom stereocenters. The van der Waals surface area contributed by atoms with Gasteiger partial charge in [0.15, 0.2) is 0 Å². The maximum Gasteiger partial charge on any atom is 0.128 e. The summed E-state index contributed by atoms with van der Waals surface area (Å²) in [6.07, 6.45) is -0.288. The standard InChI is InChI=1S/C18H22FNO/c1-13-10-14(2)12-15(11-13)20(3)9-8-18(21)16-6-4-5-7-17(16)19/h4-7,10-12,18,21H,8-9H2,1-3H3. The molecule has 0 heterocycles. The van der Waals surface area contributed by atoms with Crippen LogP contribution in [0.4, 0.5) is 10.1 Å². The van der Waals surface area contributed by atoms with Crippen molar-refractivity contribution in [3.8, 4) is 0 Å². The Morgan fingerprint density at radius 2 is 1.71 bits per heavy atom. The molecule has 0 aliphatic rings. The lowest BCUT2D eigenvalue weighted by Gasteiger charge is -2.22. The summed E-state index contributed by atoms with van der Waals surface area (Å²) in [5.74, 6) is -0.348. The molecule has 0 bridgehead atoms. The Balaban J connectivity index is 2.00. The molecule has 0 fully saturated rings. The van der Waals surface area contributed by atoms with E-state index in [2.05, 4.69) is 36.9 Å². The highest BCUT2D eigenvalue weighted by atomic mass is 19.1. The fraction of sp³-hybridized carbons (Fsp3) is 0.333. The molecule has 0 aliphatic carbocycles. The van der Waals surface area contributed by atoms with Crippen LogP contribution in [0, 0.1) is 19.7 Å². The third-order valence-corrected chi connectivity index (χ3v) is 3.65. The van der Waals surface area contributed by atoms with Crippen LogP contribution in [0.2, 0.25) is 0 Å². The molecule has 2 aromatic carbocycles. The lowest BCUT2D eigenvalue weighted by atomic mass is 10.1. The summed E-state index contributed by atoms with van der Waals surface area (Å²) >= 11 is 0. The summed E-state index contributed by atoms with van der Waals surface area (Å²) in [6, 6.07) is 12.8. The molecule has 0 aromatic heterocycles. The minimum Gasteiger partial charge on any atom is -0.388 e. The second kappa shape index (κ2) is 6.72. The Morgan fingerprint density at radius 3 is 2.33 bits per heavy atom. The van der Waals surface area contributed by atoms with Crippen molar-refractivity contribution >= 4 is 5.69 Å². The molecule has 21 heavy (non-hydrogen) atoms. The maximum absolute atomic E-state index is 13.6. The zero-order valence-corrected chi connectivity index (χ0v) is 12.8. The number of rotatable bonds is 5. The van der Waals surface area contributed by atoms with Crippen molar-refractivity contribution in [2.24, 2.45) is 0 Å². The molecule has 0 saturated carbocycles. The van der Waals surface area contributed by atoms with Crippen molar-refractivity contribution in [2.75, 3.05) is 18.5 Å². The highest BCUT2D eigenvalue weighted by molar-refractivity contribution is 5.50. The van der Waals surface area contributed by atoms with Crippen LogP contribution in [0.25, 0.3) is 0 Å². The number of halogens is 1. The predicted octanol–water partition coefficient (Wildman–Crippen LogP) is 4.00. The molecule has 0 saturated heterocycles. The molecular weight excluding hydrogens is 265 g/mol. The normalized spacial score (nSPS) is 12.2. The predicted molar refractivity (Wildman–Crippen MR) is 85.2 cm³/mol. The summed E-state index contributed by atoms with van der Waals surface area (Å²) < 4.78 is 13.6. The SMILES string of the molecule is Cc1cc(C)cc(N(C)CCC(O)c2ccccc2F)c1. The first-order chi connectivity index (χ1) is 9.97. The Bertz CT molecular complexity index is 592. The van der Waals surface area contributed by atoms with E-state index in [1.807, 2.05) is 7.05 Å². The van der Waals surface area contributed by atoms with Gasteiger partial charge in [-0.2, -0.15) is 0 Å². The zero-order chi connectivity index (χ0) is 15.4. The van der Waals surface area contributed by atoms with E-state index in [0.29, 0.717) is 18.5 Å². The largest absolute Gasteiger partial charge is 0.388 e. The van der Waals surface area contributed by atoms with Crippen LogP contribution in [-0.4, -0.2) is 18.7 Å². The van der Waals surface area contributed by atoms with E-state index in [4.69, 9.17) is 0 Å². The van der Waals surface area contributed by atoms with Gasteiger partial charge >= 0.3 is 0 Å². The molecule has 0 amide bonds. The summed E-state index contributed by atoms with van der Waals surface area (Å²) in [5, 5.41) is 10.1. The fourth-order valence-electron chi connectivity index (χ4n) is 2.52. The van der Waals surface area contributed by atoms with Crippen LogP contribution >= 0.6 is 0 Å². The van der Waals surface area contributed by atoms with Crippen molar-refractivity contribution in [3.63, 3.8) is 0 Å². The third-order valence-electron chi connectivity index (χ3n) is 3.65. The van der Waals surface area contributed by atoms with Crippen molar-refractivity contribution < 1.29 is 9.50 Å². The van der Waals surface area contributed by atoms with Gasteiger partial charge in [-0.1, -0.05) is 24.3 Å². The van der Waals surface area contributed by atoms with Gasteiger partial charge in [0.2, 0.25) is 0 Å². The molecule has 112 valence electrons. The van der Waals surface area contributed by atoms with Gasteiger partial charge in [0.25, 0.3) is 0 Å². The number of nitrogens with zero attached hydrogens (tertiary/aromatic N) is 1. The molecule has 0 radical (unpaired) electrons. The van der Waals surface area contributed by atoms with E-state index in [9.17, 15) is 9.50 Å². The lowest BCUT2D eigenvalue weighted by Crippen LogP contribution is -2.21. The zero-order valence-electron chi connectivity index (χ0n) is 12.8. The molecule has 1 unspecified atom stereocenters. The Morgan fingerprint density at radius 1 is 1.10 bits per heavy atom. The van der Waals surface area contributed by atoms with Crippen molar-refractivity contribution in [1.82, 2.24) is 0 Å². The van der Waals surface area contributed by atoms with Crippen LogP contribution < -0.4 is 4.90 Å². The first-order valence-corrected chi connectivity index (χ1v) is 7.19. The molecule has 2 nitrogen and oxygen atoms in total. The summed E-state index contributed by atoms with van der Waals surface area (Å²) in [6.45, 7) is 4.80. The van der Waals surface area contributed by atoms with Crippen molar-refractivity contribution in [1.29, 1.82) is 0 Å². The Kier molecular flexibility index (Phi) is 4.97. The minimum absolute atomic E-state index is 0.348. The van der Waals surface area contributed by atoms with Gasteiger partial charge in [0, 0.05) is 24.8 Å². The number of benzene rings is 2. The molecule has 2 rings (SSSR count). The Hall–Kier alpha value is -1.87. The van der Waals surface area contributed by atoms with Gasteiger partial charge in [-0.3, -0.25) is 0 Å². The molecule has 2 aromatic rings. The number of anilines is 1. The number of aliphatic hydroxyl groups excluding tert-OH is 1. The summed E-state index contributed by atoms with van der Waals surface area (Å²) in [7, 11) is 1.99. The number of hydrogen-bond acceptors (Lipinski definition) is 2. The van der Waals surface area contributed by atoms with Crippen molar-refractivity contribution in [3.05, 3.63) is 65.0 Å². The first-order valence-electron chi connectivity index (χ1n) is 7.19. The third kappa shape index (κ3) is 4.05. The lowest BCUT2D eigenvalue weighted by molar-refractivity contribution is 0.165. The maximum atomic E-state index is 13.6. The fourth-order valence-corrected chi connectivity index (χ4v) is 2.52. The van der Waals surface area contributed by atoms with Crippen LogP contribution in [0.5, 0.6) is 0 Å². The van der Waals surface area contributed by atoms with Crippen LogP contribution in [0.3, 0.4) is 0 Å². The van der Waals surface area contributed by atoms with Gasteiger partial charge in [-0.25, -0.2) is 4.39 Å². The second-order valence-electron chi connectivity index (χ2n) is 5.59. The van der Waals surface area contributed by atoms with Crippen LogP contribution in [0.1, 0.15) is 29.2 Å². The van der Waals surface area contributed by atoms with E-state index in [1.54, 1.807) is 18.2 Å². The molecule has 0 spiro atoms. The van der Waals surface area contributed by atoms with Crippen LogP contribution in [0.15, 0.2) is 42.5 Å². The number of aliphatic hydroxyl groups is 1. The molecule has 0 aliphatic heterocycles. The highest BCUT2D eigenvalue weighted by Crippen LogP contribution is 2.22. The smallest absolute Gasteiger partial charge is 0.128 e. The van der Waals surface area contributed by atoms with Crippen molar-refractivity contribution in [2.45, 2.75) is 26.4 Å². The molecule has 3 heteroatoms. The van der Waals surface area contributed by atoms with E-state index in [1.165, 1.54) is 17.2 Å². The first kappa shape index (κ1) is 15.5. The van der Waals surface area contributed by atoms with Gasteiger partial charge in [-0.15, -0.1) is 0 Å². The van der Waals surface area contributed by atoms with Gasteiger partial charge in [-0.05, 0) is 49.6 Å². The van der Waals surface area contributed by atoms with Gasteiger partial charge < -0.3 is 10.0 Å². The number of aryl methyl sites for hydroxylation is 2. The minimum atomic E-state index is -0.778. The number of hydrogen-bond donors (Lipinski definition) is 1. The Labute approximate surface area is 125 Å². The highest BCUT2D eigenvalue weighted by Gasteiger charge is 2.13. The van der Waals surface area contributed by atoms with Crippen LogP contribution in [-0.2, 0) is 0 Å². The van der Waals surface area contributed by atoms with E-state index in [-0.39, 0.29) is 5.82 Å². The van der Waals surface area contributed by atoms with Gasteiger partial charge in [0.1, 0.15) is 5.82 Å². The topological polar surface area (TPSA) is 23.5 Å². The molecule has 1 N–H and O–H groups in total. The summed E-state index contributed by atoms with van der Waals surface area (Å²) in [4.78, 5) is 2.09. The van der Waals surface area contributed by atoms with E-state index in [0.717, 1.165) is 5.69 Å². The van der Waals surface area contributed by atoms with E-state index >= 15 is 0 Å².